The highest BCUT2D eigenvalue weighted by Crippen LogP contribution is 2.30. The van der Waals surface area contributed by atoms with Crippen molar-refractivity contribution in [3.05, 3.63) is 28.8 Å². The molecule has 0 aliphatic heterocycles. The van der Waals surface area contributed by atoms with E-state index in [0.29, 0.717) is 22.7 Å². The van der Waals surface area contributed by atoms with Crippen LogP contribution in [0.4, 0.5) is 5.69 Å². The van der Waals surface area contributed by atoms with Crippen molar-refractivity contribution in [1.82, 2.24) is 5.32 Å². The molecular formula is C15H20ClN3O2. The molecule has 0 heterocycles. The fourth-order valence-corrected chi connectivity index (χ4v) is 2.90. The summed E-state index contributed by atoms with van der Waals surface area (Å²) in [6.45, 7) is 0. The zero-order valence-electron chi connectivity index (χ0n) is 12.0. The lowest BCUT2D eigenvalue weighted by Crippen LogP contribution is -2.40. The van der Waals surface area contributed by atoms with E-state index in [0.717, 1.165) is 25.7 Å². The summed E-state index contributed by atoms with van der Waals surface area (Å²) in [5.41, 5.74) is 6.68. The molecule has 114 valence electrons. The van der Waals surface area contributed by atoms with Crippen LogP contribution >= 0.6 is 11.6 Å². The zero-order valence-corrected chi connectivity index (χ0v) is 12.8. The first-order valence-electron chi connectivity index (χ1n) is 7.04. The average molecular weight is 310 g/mol. The Hall–Kier alpha value is -1.59. The summed E-state index contributed by atoms with van der Waals surface area (Å²) in [6.07, 6.45) is 4.21. The normalized spacial score (nSPS) is 16.5. The number of anilines is 1. The number of halogens is 1. The van der Waals surface area contributed by atoms with Crippen LogP contribution in [0.1, 0.15) is 42.5 Å². The maximum Gasteiger partial charge on any atom is 0.252 e. The molecule has 0 spiro atoms. The highest BCUT2D eigenvalue weighted by molar-refractivity contribution is 6.34. The summed E-state index contributed by atoms with van der Waals surface area (Å²) in [7, 11) is 1.53. The summed E-state index contributed by atoms with van der Waals surface area (Å²) >= 11 is 5.97. The van der Waals surface area contributed by atoms with E-state index in [1.807, 2.05) is 0 Å². The van der Waals surface area contributed by atoms with Crippen molar-refractivity contribution in [3.63, 3.8) is 0 Å². The van der Waals surface area contributed by atoms with E-state index >= 15 is 0 Å². The van der Waals surface area contributed by atoms with E-state index in [1.54, 1.807) is 18.2 Å². The van der Waals surface area contributed by atoms with Crippen molar-refractivity contribution in [2.45, 2.75) is 37.6 Å². The van der Waals surface area contributed by atoms with E-state index in [2.05, 4.69) is 10.6 Å². The van der Waals surface area contributed by atoms with Crippen LogP contribution in [0.3, 0.4) is 0 Å². The number of hydrogen-bond acceptors (Lipinski definition) is 3. The average Bonchev–Trinajstić information content (AvgIpc) is 2.86. The van der Waals surface area contributed by atoms with Crippen LogP contribution in [0.25, 0.3) is 0 Å². The lowest BCUT2D eigenvalue weighted by molar-refractivity contribution is -0.117. The molecule has 1 aliphatic carbocycles. The second-order valence-electron chi connectivity index (χ2n) is 5.57. The molecule has 0 atom stereocenters. The number of amides is 2. The van der Waals surface area contributed by atoms with Crippen molar-refractivity contribution in [2.75, 3.05) is 12.4 Å². The van der Waals surface area contributed by atoms with Gasteiger partial charge in [-0.2, -0.15) is 0 Å². The van der Waals surface area contributed by atoms with Crippen LogP contribution in [0.2, 0.25) is 5.02 Å². The molecule has 5 nitrogen and oxygen atoms in total. The summed E-state index contributed by atoms with van der Waals surface area (Å²) in [6, 6.07) is 4.83. The monoisotopic (exact) mass is 309 g/mol. The van der Waals surface area contributed by atoms with Crippen molar-refractivity contribution in [1.29, 1.82) is 0 Å². The first-order chi connectivity index (χ1) is 9.93. The van der Waals surface area contributed by atoms with Gasteiger partial charge in [0, 0.05) is 24.7 Å². The third kappa shape index (κ3) is 3.95. The smallest absolute Gasteiger partial charge is 0.252 e. The Morgan fingerprint density at radius 3 is 2.62 bits per heavy atom. The van der Waals surface area contributed by atoms with Gasteiger partial charge < -0.3 is 16.4 Å². The molecule has 1 aromatic rings. The third-order valence-electron chi connectivity index (χ3n) is 3.83. The molecule has 1 fully saturated rings. The topological polar surface area (TPSA) is 84.2 Å². The van der Waals surface area contributed by atoms with Gasteiger partial charge in [-0.05, 0) is 31.0 Å². The molecule has 0 saturated heterocycles. The molecule has 2 amide bonds. The Kier molecular flexibility index (Phi) is 4.85. The van der Waals surface area contributed by atoms with Crippen LogP contribution in [-0.4, -0.2) is 24.4 Å². The number of nitrogens with two attached hydrogens (primary N) is 1. The Morgan fingerprint density at radius 2 is 2.00 bits per heavy atom. The van der Waals surface area contributed by atoms with E-state index in [-0.39, 0.29) is 17.4 Å². The fraction of sp³-hybridized carbons (Fsp3) is 0.467. The third-order valence-corrected chi connectivity index (χ3v) is 4.16. The minimum atomic E-state index is -0.389. The maximum atomic E-state index is 12.1. The van der Waals surface area contributed by atoms with Gasteiger partial charge in [0.1, 0.15) is 0 Å². The second-order valence-corrected chi connectivity index (χ2v) is 5.98. The van der Waals surface area contributed by atoms with E-state index in [9.17, 15) is 9.59 Å². The maximum absolute atomic E-state index is 12.1. The van der Waals surface area contributed by atoms with E-state index in [4.69, 9.17) is 17.3 Å². The van der Waals surface area contributed by atoms with Gasteiger partial charge in [0.05, 0.1) is 10.6 Å². The Balaban J connectivity index is 2.05. The Morgan fingerprint density at radius 1 is 1.33 bits per heavy atom. The number of rotatable bonds is 4. The SMILES string of the molecule is CNC(=O)c1cc(NC(=O)CC2(N)CCCC2)ccc1Cl. The van der Waals surface area contributed by atoms with Crippen LogP contribution in [-0.2, 0) is 4.79 Å². The summed E-state index contributed by atoms with van der Waals surface area (Å²) in [4.78, 5) is 23.8. The molecule has 21 heavy (non-hydrogen) atoms. The minimum Gasteiger partial charge on any atom is -0.355 e. The van der Waals surface area contributed by atoms with E-state index < -0.39 is 0 Å². The van der Waals surface area contributed by atoms with Gasteiger partial charge in [0.25, 0.3) is 5.91 Å². The van der Waals surface area contributed by atoms with Crippen molar-refractivity contribution >= 4 is 29.1 Å². The van der Waals surface area contributed by atoms with Crippen molar-refractivity contribution in [3.8, 4) is 0 Å². The first kappa shape index (κ1) is 15.8. The molecule has 2 rings (SSSR count). The molecule has 1 aromatic carbocycles. The molecule has 6 heteroatoms. The lowest BCUT2D eigenvalue weighted by Gasteiger charge is -2.22. The molecule has 0 radical (unpaired) electrons. The summed E-state index contributed by atoms with van der Waals surface area (Å²) in [5, 5.41) is 5.64. The van der Waals surface area contributed by atoms with Crippen LogP contribution in [0.15, 0.2) is 18.2 Å². The highest BCUT2D eigenvalue weighted by Gasteiger charge is 2.31. The van der Waals surface area contributed by atoms with Crippen LogP contribution in [0, 0.1) is 0 Å². The van der Waals surface area contributed by atoms with Gasteiger partial charge in [-0.15, -0.1) is 0 Å². The molecule has 0 unspecified atom stereocenters. The van der Waals surface area contributed by atoms with Gasteiger partial charge >= 0.3 is 0 Å². The number of carbonyl (C=O) groups excluding carboxylic acids is 2. The predicted molar refractivity (Wildman–Crippen MR) is 83.5 cm³/mol. The lowest BCUT2D eigenvalue weighted by atomic mass is 9.94. The Labute approximate surface area is 129 Å². The summed E-state index contributed by atoms with van der Waals surface area (Å²) < 4.78 is 0. The molecule has 0 bridgehead atoms. The fourth-order valence-electron chi connectivity index (χ4n) is 2.69. The number of hydrogen-bond donors (Lipinski definition) is 3. The molecule has 1 aliphatic rings. The molecular weight excluding hydrogens is 290 g/mol. The van der Waals surface area contributed by atoms with Gasteiger partial charge in [0.15, 0.2) is 0 Å². The highest BCUT2D eigenvalue weighted by atomic mass is 35.5. The standard InChI is InChI=1S/C15H20ClN3O2/c1-18-14(21)11-8-10(4-5-12(11)16)19-13(20)9-15(17)6-2-3-7-15/h4-5,8H,2-3,6-7,9,17H2,1H3,(H,18,21)(H,19,20). The second kappa shape index (κ2) is 6.45. The zero-order chi connectivity index (χ0) is 15.5. The van der Waals surface area contributed by atoms with Gasteiger partial charge in [-0.3, -0.25) is 9.59 Å². The number of benzene rings is 1. The van der Waals surface area contributed by atoms with Gasteiger partial charge in [-0.1, -0.05) is 24.4 Å². The quantitative estimate of drug-likeness (QED) is 0.798. The number of nitrogens with one attached hydrogen (secondary N) is 2. The molecule has 0 aromatic heterocycles. The first-order valence-corrected chi connectivity index (χ1v) is 7.42. The largest absolute Gasteiger partial charge is 0.355 e. The number of carbonyl (C=O) groups is 2. The molecule has 4 N–H and O–H groups in total. The van der Waals surface area contributed by atoms with Crippen LogP contribution in [0.5, 0.6) is 0 Å². The van der Waals surface area contributed by atoms with Gasteiger partial charge in [0.2, 0.25) is 5.91 Å². The van der Waals surface area contributed by atoms with Crippen LogP contribution < -0.4 is 16.4 Å². The minimum absolute atomic E-state index is 0.135. The van der Waals surface area contributed by atoms with Crippen molar-refractivity contribution in [2.24, 2.45) is 5.73 Å². The summed E-state index contributed by atoms with van der Waals surface area (Å²) in [5.74, 6) is -0.424. The predicted octanol–water partition coefficient (Wildman–Crippen LogP) is 2.30. The van der Waals surface area contributed by atoms with E-state index in [1.165, 1.54) is 7.05 Å². The Bertz CT molecular complexity index is 554. The molecule has 1 saturated carbocycles. The van der Waals surface area contributed by atoms with Gasteiger partial charge in [-0.25, -0.2) is 0 Å². The van der Waals surface area contributed by atoms with Crippen molar-refractivity contribution < 1.29 is 9.59 Å².